The fourth-order valence-electron chi connectivity index (χ4n) is 1.68. The maximum Gasteiger partial charge on any atom is 0.320 e. The second-order valence-corrected chi connectivity index (χ2v) is 4.48. The molecule has 0 bridgehead atoms. The fourth-order valence-corrected chi connectivity index (χ4v) is 1.68. The maximum absolute atomic E-state index is 11.4. The zero-order valence-electron chi connectivity index (χ0n) is 10.2. The zero-order chi connectivity index (χ0) is 11.3. The van der Waals surface area contributed by atoms with Gasteiger partial charge in [-0.2, -0.15) is 0 Å². The summed E-state index contributed by atoms with van der Waals surface area (Å²) < 4.78 is 4.98. The van der Waals surface area contributed by atoms with Crippen LogP contribution in [-0.4, -0.2) is 36.6 Å². The van der Waals surface area contributed by atoms with Gasteiger partial charge >= 0.3 is 5.97 Å². The Morgan fingerprint density at radius 3 is 2.60 bits per heavy atom. The highest BCUT2D eigenvalue weighted by Crippen LogP contribution is 2.27. The second kappa shape index (κ2) is 6.11. The molecule has 1 rings (SSSR count). The van der Waals surface area contributed by atoms with E-state index in [1.165, 1.54) is 19.3 Å². The summed E-state index contributed by atoms with van der Waals surface area (Å²) in [6.07, 6.45) is 3.66. The van der Waals surface area contributed by atoms with E-state index >= 15 is 0 Å². The SMILES string of the molecule is CCOC(=O)CN(CC(C)CC)C1CC1. The summed E-state index contributed by atoms with van der Waals surface area (Å²) in [5, 5.41) is 0. The summed E-state index contributed by atoms with van der Waals surface area (Å²) in [6.45, 7) is 8.28. The standard InChI is InChI=1S/C12H23NO2/c1-4-10(3)8-13(11-6-7-11)9-12(14)15-5-2/h10-11H,4-9H2,1-3H3. The van der Waals surface area contributed by atoms with Crippen LogP contribution in [0.1, 0.15) is 40.0 Å². The van der Waals surface area contributed by atoms with E-state index < -0.39 is 0 Å². The van der Waals surface area contributed by atoms with E-state index in [4.69, 9.17) is 4.74 Å². The van der Waals surface area contributed by atoms with Gasteiger partial charge in [0.25, 0.3) is 0 Å². The molecule has 0 aromatic heterocycles. The van der Waals surface area contributed by atoms with Crippen molar-refractivity contribution in [2.24, 2.45) is 5.92 Å². The molecule has 88 valence electrons. The first-order valence-corrected chi connectivity index (χ1v) is 6.07. The van der Waals surface area contributed by atoms with Crippen molar-refractivity contribution in [2.45, 2.75) is 46.1 Å². The van der Waals surface area contributed by atoms with Gasteiger partial charge in [-0.15, -0.1) is 0 Å². The third-order valence-electron chi connectivity index (χ3n) is 2.94. The van der Waals surface area contributed by atoms with Gasteiger partial charge in [0.2, 0.25) is 0 Å². The number of rotatable bonds is 7. The Kier molecular flexibility index (Phi) is 5.09. The average Bonchev–Trinajstić information content (AvgIpc) is 3.00. The minimum atomic E-state index is -0.0762. The summed E-state index contributed by atoms with van der Waals surface area (Å²) in [5.74, 6) is 0.590. The maximum atomic E-state index is 11.4. The number of hydrogen-bond donors (Lipinski definition) is 0. The molecule has 1 saturated carbocycles. The van der Waals surface area contributed by atoms with E-state index in [-0.39, 0.29) is 5.97 Å². The lowest BCUT2D eigenvalue weighted by molar-refractivity contribution is -0.144. The van der Waals surface area contributed by atoms with Gasteiger partial charge in [0.1, 0.15) is 0 Å². The molecule has 0 radical (unpaired) electrons. The van der Waals surface area contributed by atoms with E-state index in [1.807, 2.05) is 6.92 Å². The van der Waals surface area contributed by atoms with Crippen molar-refractivity contribution < 1.29 is 9.53 Å². The number of nitrogens with zero attached hydrogens (tertiary/aromatic N) is 1. The fraction of sp³-hybridized carbons (Fsp3) is 0.917. The lowest BCUT2D eigenvalue weighted by Crippen LogP contribution is -2.36. The van der Waals surface area contributed by atoms with Crippen molar-refractivity contribution in [1.82, 2.24) is 4.90 Å². The highest BCUT2D eigenvalue weighted by molar-refractivity contribution is 5.71. The molecule has 0 heterocycles. The van der Waals surface area contributed by atoms with Crippen LogP contribution < -0.4 is 0 Å². The first kappa shape index (κ1) is 12.5. The van der Waals surface area contributed by atoms with Crippen LogP contribution in [0.25, 0.3) is 0 Å². The van der Waals surface area contributed by atoms with Gasteiger partial charge in [-0.3, -0.25) is 9.69 Å². The molecule has 1 unspecified atom stereocenters. The number of carbonyl (C=O) groups is 1. The van der Waals surface area contributed by atoms with Gasteiger partial charge in [-0.25, -0.2) is 0 Å². The molecule has 3 heteroatoms. The molecule has 15 heavy (non-hydrogen) atoms. The van der Waals surface area contributed by atoms with Crippen molar-refractivity contribution in [3.8, 4) is 0 Å². The molecule has 3 nitrogen and oxygen atoms in total. The highest BCUT2D eigenvalue weighted by atomic mass is 16.5. The largest absolute Gasteiger partial charge is 0.465 e. The monoisotopic (exact) mass is 213 g/mol. The average molecular weight is 213 g/mol. The van der Waals surface area contributed by atoms with Crippen LogP contribution in [0, 0.1) is 5.92 Å². The normalized spacial score (nSPS) is 17.9. The summed E-state index contributed by atoms with van der Waals surface area (Å²) >= 11 is 0. The minimum absolute atomic E-state index is 0.0762. The molecule has 0 amide bonds. The summed E-state index contributed by atoms with van der Waals surface area (Å²) in [5.41, 5.74) is 0. The Balaban J connectivity index is 2.33. The molecule has 0 aromatic rings. The van der Waals surface area contributed by atoms with Gasteiger partial charge in [0.15, 0.2) is 0 Å². The molecule has 1 aliphatic carbocycles. The van der Waals surface area contributed by atoms with Crippen LogP contribution in [0.2, 0.25) is 0 Å². The van der Waals surface area contributed by atoms with Gasteiger partial charge < -0.3 is 4.74 Å². The van der Waals surface area contributed by atoms with E-state index in [1.54, 1.807) is 0 Å². The lowest BCUT2D eigenvalue weighted by atomic mass is 10.1. The minimum Gasteiger partial charge on any atom is -0.465 e. The van der Waals surface area contributed by atoms with Crippen LogP contribution in [0.15, 0.2) is 0 Å². The Morgan fingerprint density at radius 2 is 2.13 bits per heavy atom. The highest BCUT2D eigenvalue weighted by Gasteiger charge is 2.31. The second-order valence-electron chi connectivity index (χ2n) is 4.48. The quantitative estimate of drug-likeness (QED) is 0.606. The van der Waals surface area contributed by atoms with Crippen molar-refractivity contribution in [3.63, 3.8) is 0 Å². The van der Waals surface area contributed by atoms with E-state index in [0.29, 0.717) is 25.1 Å². The summed E-state index contributed by atoms with van der Waals surface area (Å²) in [6, 6.07) is 0.642. The van der Waals surface area contributed by atoms with Crippen LogP contribution in [-0.2, 0) is 9.53 Å². The van der Waals surface area contributed by atoms with Crippen molar-refractivity contribution in [1.29, 1.82) is 0 Å². The third kappa shape index (κ3) is 4.65. The Bertz CT molecular complexity index is 202. The predicted octanol–water partition coefficient (Wildman–Crippen LogP) is 2.06. The first-order chi connectivity index (χ1) is 7.17. The van der Waals surface area contributed by atoms with Crippen LogP contribution >= 0.6 is 0 Å². The van der Waals surface area contributed by atoms with Crippen LogP contribution in [0.5, 0.6) is 0 Å². The summed E-state index contributed by atoms with van der Waals surface area (Å²) in [7, 11) is 0. The Morgan fingerprint density at radius 1 is 1.47 bits per heavy atom. The Labute approximate surface area is 92.8 Å². The van der Waals surface area contributed by atoms with Gasteiger partial charge in [-0.1, -0.05) is 20.3 Å². The topological polar surface area (TPSA) is 29.5 Å². The number of esters is 1. The van der Waals surface area contributed by atoms with Gasteiger partial charge in [0, 0.05) is 12.6 Å². The molecule has 0 aliphatic heterocycles. The molecule has 0 spiro atoms. The summed E-state index contributed by atoms with van der Waals surface area (Å²) in [4.78, 5) is 13.7. The van der Waals surface area contributed by atoms with E-state index in [2.05, 4.69) is 18.7 Å². The molecule has 0 N–H and O–H groups in total. The van der Waals surface area contributed by atoms with Gasteiger partial charge in [0.05, 0.1) is 13.2 Å². The predicted molar refractivity (Wildman–Crippen MR) is 60.7 cm³/mol. The van der Waals surface area contributed by atoms with E-state index in [9.17, 15) is 4.79 Å². The molecule has 1 aliphatic rings. The van der Waals surface area contributed by atoms with Crippen molar-refractivity contribution >= 4 is 5.97 Å². The molecule has 0 saturated heterocycles. The molecular formula is C12H23NO2. The zero-order valence-corrected chi connectivity index (χ0v) is 10.2. The Hall–Kier alpha value is -0.570. The molecule has 0 aromatic carbocycles. The van der Waals surface area contributed by atoms with Crippen molar-refractivity contribution in [3.05, 3.63) is 0 Å². The van der Waals surface area contributed by atoms with Crippen LogP contribution in [0.4, 0.5) is 0 Å². The molecule has 1 fully saturated rings. The number of carbonyl (C=O) groups excluding carboxylic acids is 1. The third-order valence-corrected chi connectivity index (χ3v) is 2.94. The first-order valence-electron chi connectivity index (χ1n) is 6.07. The number of ether oxygens (including phenoxy) is 1. The van der Waals surface area contributed by atoms with E-state index in [0.717, 1.165) is 6.54 Å². The van der Waals surface area contributed by atoms with Crippen LogP contribution in [0.3, 0.4) is 0 Å². The van der Waals surface area contributed by atoms with Gasteiger partial charge in [-0.05, 0) is 25.7 Å². The smallest absolute Gasteiger partial charge is 0.320 e. The molecule has 1 atom stereocenters. The number of hydrogen-bond acceptors (Lipinski definition) is 3. The molecular weight excluding hydrogens is 190 g/mol. The van der Waals surface area contributed by atoms with Crippen molar-refractivity contribution in [2.75, 3.05) is 19.7 Å². The lowest BCUT2D eigenvalue weighted by Gasteiger charge is -2.23.